The van der Waals surface area contributed by atoms with E-state index in [1.165, 1.54) is 0 Å². The molecule has 2 atom stereocenters. The summed E-state index contributed by atoms with van der Waals surface area (Å²) in [4.78, 5) is 24.5. The van der Waals surface area contributed by atoms with Crippen LogP contribution in [0.3, 0.4) is 0 Å². The number of nitrogens with one attached hydrogen (secondary N) is 2. The van der Waals surface area contributed by atoms with Crippen molar-refractivity contribution >= 4 is 11.8 Å². The third kappa shape index (κ3) is 6.16. The lowest BCUT2D eigenvalue weighted by Gasteiger charge is -2.30. The second-order valence-corrected chi connectivity index (χ2v) is 9.10. The highest BCUT2D eigenvalue weighted by atomic mass is 16.5. The average molecular weight is 543 g/mol. The summed E-state index contributed by atoms with van der Waals surface area (Å²) in [5.74, 6) is 0.188. The summed E-state index contributed by atoms with van der Waals surface area (Å²) >= 11 is 0. The molecule has 0 radical (unpaired) electrons. The van der Waals surface area contributed by atoms with E-state index in [0.717, 1.165) is 16.7 Å². The molecule has 12 nitrogen and oxygen atoms in total. The minimum atomic E-state index is -1.53. The summed E-state index contributed by atoms with van der Waals surface area (Å²) < 4.78 is 12.1. The maximum absolute atomic E-state index is 13.4. The highest BCUT2D eigenvalue weighted by Crippen LogP contribution is 2.43. The quantitative estimate of drug-likeness (QED) is 0.146. The number of benzene rings is 3. The Balaban J connectivity index is 1.81. The van der Waals surface area contributed by atoms with Crippen LogP contribution in [0.15, 0.2) is 88.0 Å². The molecule has 0 fully saturated rings. The predicted octanol–water partition coefficient (Wildman–Crippen LogP) is 3.53. The van der Waals surface area contributed by atoms with Crippen molar-refractivity contribution in [1.82, 2.24) is 9.82 Å². The lowest BCUT2D eigenvalue weighted by molar-refractivity contribution is -0.125. The van der Waals surface area contributed by atoms with Crippen molar-refractivity contribution < 1.29 is 19.4 Å². The number of aliphatic imine (C=N–C) groups is 1. The van der Waals surface area contributed by atoms with E-state index in [-0.39, 0.29) is 32.0 Å². The fourth-order valence-corrected chi connectivity index (χ4v) is 4.61. The number of hydrogen-bond donors (Lipinski definition) is 4. The SMILES string of the molecule is N=[N+]=NCc1ccccc1C[C@]1(C(N)=O)N=C(c2ccc(OCCCO)cc2)O[C@H]1c1ccccc1CN=[N+]=N. The van der Waals surface area contributed by atoms with Crippen molar-refractivity contribution in [1.29, 1.82) is 11.1 Å². The van der Waals surface area contributed by atoms with Gasteiger partial charge in [0.25, 0.3) is 0 Å². The molecule has 0 aliphatic carbocycles. The van der Waals surface area contributed by atoms with E-state index in [4.69, 9.17) is 36.4 Å². The van der Waals surface area contributed by atoms with Crippen LogP contribution < -0.4 is 20.3 Å². The first-order valence-electron chi connectivity index (χ1n) is 12.6. The average Bonchev–Trinajstić information content (AvgIpc) is 3.36. The highest BCUT2D eigenvalue weighted by molar-refractivity contribution is 6.00. The predicted molar refractivity (Wildman–Crippen MR) is 144 cm³/mol. The van der Waals surface area contributed by atoms with Crippen LogP contribution in [0.2, 0.25) is 0 Å². The van der Waals surface area contributed by atoms with E-state index in [9.17, 15) is 4.79 Å². The Labute approximate surface area is 230 Å². The summed E-state index contributed by atoms with van der Waals surface area (Å²) in [7, 11) is 0. The van der Waals surface area contributed by atoms with Crippen molar-refractivity contribution in [3.05, 3.63) is 101 Å². The molecule has 0 aromatic heterocycles. The number of nitrogens with two attached hydrogens (primary N) is 1. The van der Waals surface area contributed by atoms with Crippen LogP contribution in [0.5, 0.6) is 5.75 Å². The molecule has 204 valence electrons. The number of aliphatic hydroxyl groups is 1. The van der Waals surface area contributed by atoms with Gasteiger partial charge < -0.3 is 20.3 Å². The zero-order valence-corrected chi connectivity index (χ0v) is 21.7. The van der Waals surface area contributed by atoms with E-state index in [1.807, 2.05) is 48.5 Å². The van der Waals surface area contributed by atoms with Crippen LogP contribution in [-0.4, -0.2) is 35.7 Å². The number of ether oxygens (including phenoxy) is 2. The summed E-state index contributed by atoms with van der Waals surface area (Å²) in [5.41, 5.74) is 22.3. The highest BCUT2D eigenvalue weighted by Gasteiger charge is 2.53. The van der Waals surface area contributed by atoms with Gasteiger partial charge >= 0.3 is 0 Å². The molecule has 12 heteroatoms. The molecule has 0 unspecified atom stereocenters. The number of carbonyl (C=O) groups excluding carboxylic acids is 1. The lowest BCUT2D eigenvalue weighted by Crippen LogP contribution is -2.47. The number of hydrogen-bond acceptors (Lipinski definition) is 9. The van der Waals surface area contributed by atoms with Gasteiger partial charge in [-0.1, -0.05) is 48.5 Å². The van der Waals surface area contributed by atoms with E-state index in [2.05, 4.69) is 20.1 Å². The zero-order valence-electron chi connectivity index (χ0n) is 21.7. The maximum Gasteiger partial charge on any atom is 0.250 e. The fourth-order valence-electron chi connectivity index (χ4n) is 4.61. The number of amides is 1. The van der Waals surface area contributed by atoms with Gasteiger partial charge in [-0.3, -0.25) is 4.79 Å². The van der Waals surface area contributed by atoms with Gasteiger partial charge in [-0.2, -0.15) is 0 Å². The molecule has 1 amide bonds. The standard InChI is InChI=1S/C28H29N8O4/c29-27(38)28(16-20-6-1-2-7-21(20)17-32-35-30)25(24-9-4-3-8-22(24)18-33-36-31)40-26(34-28)19-10-12-23(13-11-19)39-15-5-14-37/h1-4,6-13,25,30-31,37H,5,14-18H2,(H-,29,38)/q+1/p+1/t25-,28-/m0/s1. The summed E-state index contributed by atoms with van der Waals surface area (Å²) in [5, 5.41) is 16.6. The molecule has 1 aliphatic heterocycles. The normalized spacial score (nSPS) is 17.6. The first kappa shape index (κ1) is 28.0. The molecule has 1 heterocycles. The molecule has 0 saturated carbocycles. The Morgan fingerprint density at radius 2 is 1.60 bits per heavy atom. The van der Waals surface area contributed by atoms with Crippen molar-refractivity contribution in [2.24, 2.45) is 21.0 Å². The van der Waals surface area contributed by atoms with E-state index in [1.54, 1.807) is 24.3 Å². The number of carbonyl (C=O) groups is 1. The molecular formula is C28H30N8O4+2. The molecule has 3 aromatic rings. The maximum atomic E-state index is 13.4. The molecule has 4 rings (SSSR count). The monoisotopic (exact) mass is 542 g/mol. The van der Waals surface area contributed by atoms with Crippen molar-refractivity contribution in [3.8, 4) is 5.75 Å². The first-order chi connectivity index (χ1) is 19.5. The Kier molecular flexibility index (Phi) is 9.22. The van der Waals surface area contributed by atoms with Crippen LogP contribution in [0.25, 0.3) is 0 Å². The van der Waals surface area contributed by atoms with Gasteiger partial charge in [0, 0.05) is 30.6 Å². The summed E-state index contributed by atoms with van der Waals surface area (Å²) in [6.45, 7) is 0.698. The Bertz CT molecular complexity index is 1480. The number of primary amides is 1. The van der Waals surface area contributed by atoms with Crippen molar-refractivity contribution in [2.45, 2.75) is 37.6 Å². The third-order valence-electron chi connectivity index (χ3n) is 6.60. The Hall–Kier alpha value is -5.02. The fraction of sp³-hybridized carbons (Fsp3) is 0.286. The van der Waals surface area contributed by atoms with Crippen LogP contribution in [0, 0.1) is 11.1 Å². The Morgan fingerprint density at radius 1 is 0.975 bits per heavy atom. The zero-order chi connectivity index (χ0) is 28.4. The van der Waals surface area contributed by atoms with E-state index < -0.39 is 17.6 Å². The number of aliphatic hydroxyl groups excluding tert-OH is 1. The molecule has 0 saturated heterocycles. The smallest absolute Gasteiger partial charge is 0.250 e. The van der Waals surface area contributed by atoms with Crippen molar-refractivity contribution in [3.63, 3.8) is 0 Å². The van der Waals surface area contributed by atoms with Gasteiger partial charge in [-0.15, -0.1) is 0 Å². The minimum absolute atomic E-state index is 0.0407. The van der Waals surface area contributed by atoms with Crippen LogP contribution in [0.4, 0.5) is 0 Å². The molecule has 1 aliphatic rings. The minimum Gasteiger partial charge on any atom is -0.494 e. The van der Waals surface area contributed by atoms with Gasteiger partial charge in [0.1, 0.15) is 40.1 Å². The van der Waals surface area contributed by atoms with Gasteiger partial charge in [-0.05, 0) is 41.0 Å². The molecule has 5 N–H and O–H groups in total. The summed E-state index contributed by atoms with van der Waals surface area (Å²) in [6.07, 6.45) is -0.274. The van der Waals surface area contributed by atoms with Gasteiger partial charge in [0.15, 0.2) is 11.6 Å². The second kappa shape index (κ2) is 13.2. The lowest BCUT2D eigenvalue weighted by atomic mass is 9.80. The first-order valence-corrected chi connectivity index (χ1v) is 12.6. The molecule has 3 aromatic carbocycles. The largest absolute Gasteiger partial charge is 0.494 e. The number of rotatable bonds is 13. The van der Waals surface area contributed by atoms with Gasteiger partial charge in [0.2, 0.25) is 21.6 Å². The van der Waals surface area contributed by atoms with E-state index in [0.29, 0.717) is 29.9 Å². The molecule has 40 heavy (non-hydrogen) atoms. The topological polar surface area (TPSA) is 195 Å². The molecular weight excluding hydrogens is 512 g/mol. The number of nitrogens with zero attached hydrogens (tertiary/aromatic N) is 5. The van der Waals surface area contributed by atoms with Crippen LogP contribution in [0.1, 0.15) is 40.3 Å². The Morgan fingerprint density at radius 3 is 2.25 bits per heavy atom. The second-order valence-electron chi connectivity index (χ2n) is 9.10. The van der Waals surface area contributed by atoms with Crippen LogP contribution in [-0.2, 0) is 29.0 Å². The van der Waals surface area contributed by atoms with Crippen molar-refractivity contribution in [2.75, 3.05) is 13.2 Å². The molecule has 0 bridgehead atoms. The van der Waals surface area contributed by atoms with E-state index >= 15 is 0 Å². The van der Waals surface area contributed by atoms with Gasteiger partial charge in [-0.25, -0.2) is 4.99 Å². The van der Waals surface area contributed by atoms with Gasteiger partial charge in [0.05, 0.1) is 6.61 Å². The third-order valence-corrected chi connectivity index (χ3v) is 6.60. The summed E-state index contributed by atoms with van der Waals surface area (Å²) in [6, 6.07) is 21.8. The molecule has 0 spiro atoms. The van der Waals surface area contributed by atoms with Crippen LogP contribution >= 0.6 is 0 Å².